The van der Waals surface area contributed by atoms with E-state index in [2.05, 4.69) is 5.43 Å². The zero-order valence-corrected chi connectivity index (χ0v) is 11.7. The minimum atomic E-state index is -0.140. The van der Waals surface area contributed by atoms with Crippen LogP contribution in [0.2, 0.25) is 5.02 Å². The van der Waals surface area contributed by atoms with Gasteiger partial charge < -0.3 is 4.74 Å². The lowest BCUT2D eigenvalue weighted by Gasteiger charge is -2.19. The van der Waals surface area contributed by atoms with Gasteiger partial charge in [0.2, 0.25) is 0 Å². The number of halogens is 1. The molecule has 0 heterocycles. The van der Waals surface area contributed by atoms with Gasteiger partial charge in [-0.1, -0.05) is 35.9 Å². The van der Waals surface area contributed by atoms with Gasteiger partial charge in [0.1, 0.15) is 5.75 Å². The highest BCUT2D eigenvalue weighted by molar-refractivity contribution is 6.31. The van der Waals surface area contributed by atoms with Gasteiger partial charge in [0.25, 0.3) is 0 Å². The van der Waals surface area contributed by atoms with Crippen molar-refractivity contribution in [3.8, 4) is 5.75 Å². The number of nitrogens with one attached hydrogen (secondary N) is 1. The molecule has 1 atom stereocenters. The number of rotatable bonds is 4. The molecule has 0 fully saturated rings. The molecule has 0 bridgehead atoms. The molecule has 1 unspecified atom stereocenters. The van der Waals surface area contributed by atoms with Gasteiger partial charge in [0.15, 0.2) is 0 Å². The third-order valence-electron chi connectivity index (χ3n) is 3.08. The van der Waals surface area contributed by atoms with E-state index in [0.717, 1.165) is 22.4 Å². The summed E-state index contributed by atoms with van der Waals surface area (Å²) in [5.74, 6) is 6.49. The Hall–Kier alpha value is -1.55. The first-order valence-corrected chi connectivity index (χ1v) is 6.39. The summed E-state index contributed by atoms with van der Waals surface area (Å²) in [5.41, 5.74) is 5.93. The van der Waals surface area contributed by atoms with Crippen molar-refractivity contribution in [3.05, 3.63) is 64.2 Å². The predicted molar refractivity (Wildman–Crippen MR) is 78.3 cm³/mol. The molecule has 0 aromatic heterocycles. The molecule has 4 heteroatoms. The second-order valence-electron chi connectivity index (χ2n) is 4.40. The van der Waals surface area contributed by atoms with Crippen LogP contribution in [0.1, 0.15) is 22.7 Å². The fourth-order valence-corrected chi connectivity index (χ4v) is 2.37. The third-order valence-corrected chi connectivity index (χ3v) is 3.41. The molecule has 0 radical (unpaired) electrons. The maximum atomic E-state index is 6.29. The van der Waals surface area contributed by atoms with Crippen LogP contribution in [0.15, 0.2) is 42.5 Å². The van der Waals surface area contributed by atoms with E-state index >= 15 is 0 Å². The summed E-state index contributed by atoms with van der Waals surface area (Å²) in [4.78, 5) is 0. The van der Waals surface area contributed by atoms with Crippen LogP contribution >= 0.6 is 11.6 Å². The molecular formula is C15H17ClN2O. The van der Waals surface area contributed by atoms with Gasteiger partial charge >= 0.3 is 0 Å². The Morgan fingerprint density at radius 3 is 2.37 bits per heavy atom. The Morgan fingerprint density at radius 2 is 1.84 bits per heavy atom. The molecule has 2 aromatic carbocycles. The number of aryl methyl sites for hydroxylation is 1. The average Bonchev–Trinajstić information content (AvgIpc) is 2.42. The Balaban J connectivity index is 2.37. The Morgan fingerprint density at radius 1 is 1.16 bits per heavy atom. The molecule has 100 valence electrons. The van der Waals surface area contributed by atoms with Gasteiger partial charge in [-0.05, 0) is 41.8 Å². The lowest BCUT2D eigenvalue weighted by Crippen LogP contribution is -2.29. The van der Waals surface area contributed by atoms with Gasteiger partial charge in [0.05, 0.1) is 13.2 Å². The van der Waals surface area contributed by atoms with Crippen LogP contribution in [0, 0.1) is 6.92 Å². The molecule has 0 aliphatic heterocycles. The normalized spacial score (nSPS) is 12.2. The Bertz CT molecular complexity index is 555. The van der Waals surface area contributed by atoms with Crippen LogP contribution in [-0.4, -0.2) is 7.11 Å². The second-order valence-corrected chi connectivity index (χ2v) is 4.81. The SMILES string of the molecule is COc1ccc(C(NN)c2ccc(C)cc2Cl)cc1. The van der Waals surface area contributed by atoms with Crippen LogP contribution in [0.5, 0.6) is 5.75 Å². The Labute approximate surface area is 118 Å². The second kappa shape index (κ2) is 6.06. The molecule has 0 aliphatic rings. The summed E-state index contributed by atoms with van der Waals surface area (Å²) >= 11 is 6.29. The van der Waals surface area contributed by atoms with Gasteiger partial charge in [-0.3, -0.25) is 5.84 Å². The molecule has 0 aliphatic carbocycles. The van der Waals surface area contributed by atoms with Crippen LogP contribution in [-0.2, 0) is 0 Å². The van der Waals surface area contributed by atoms with Crippen LogP contribution < -0.4 is 16.0 Å². The van der Waals surface area contributed by atoms with Crippen molar-refractivity contribution in [2.75, 3.05) is 7.11 Å². The molecule has 2 aromatic rings. The predicted octanol–water partition coefficient (Wildman–Crippen LogP) is 3.21. The van der Waals surface area contributed by atoms with E-state index in [1.807, 2.05) is 49.4 Å². The van der Waals surface area contributed by atoms with E-state index in [0.29, 0.717) is 5.02 Å². The highest BCUT2D eigenvalue weighted by Crippen LogP contribution is 2.29. The smallest absolute Gasteiger partial charge is 0.118 e. The summed E-state index contributed by atoms with van der Waals surface area (Å²) in [5, 5.41) is 0.707. The van der Waals surface area contributed by atoms with Crippen molar-refractivity contribution in [2.24, 2.45) is 5.84 Å². The fourth-order valence-electron chi connectivity index (χ4n) is 2.03. The van der Waals surface area contributed by atoms with E-state index in [1.165, 1.54) is 0 Å². The van der Waals surface area contributed by atoms with E-state index in [9.17, 15) is 0 Å². The molecule has 3 N–H and O–H groups in total. The maximum absolute atomic E-state index is 6.29. The van der Waals surface area contributed by atoms with Crippen molar-refractivity contribution < 1.29 is 4.74 Å². The van der Waals surface area contributed by atoms with Gasteiger partial charge in [0, 0.05) is 5.02 Å². The lowest BCUT2D eigenvalue weighted by molar-refractivity contribution is 0.414. The number of hydrogen-bond donors (Lipinski definition) is 2. The first kappa shape index (κ1) is 13.9. The van der Waals surface area contributed by atoms with Crippen molar-refractivity contribution >= 4 is 11.6 Å². The highest BCUT2D eigenvalue weighted by atomic mass is 35.5. The quantitative estimate of drug-likeness (QED) is 0.666. The zero-order chi connectivity index (χ0) is 13.8. The monoisotopic (exact) mass is 276 g/mol. The number of nitrogens with two attached hydrogens (primary N) is 1. The largest absolute Gasteiger partial charge is 0.497 e. The Kier molecular flexibility index (Phi) is 4.43. The molecule has 0 saturated carbocycles. The van der Waals surface area contributed by atoms with E-state index in [-0.39, 0.29) is 6.04 Å². The molecular weight excluding hydrogens is 260 g/mol. The minimum absolute atomic E-state index is 0.140. The summed E-state index contributed by atoms with van der Waals surface area (Å²) in [6.07, 6.45) is 0. The number of methoxy groups -OCH3 is 1. The molecule has 0 saturated heterocycles. The van der Waals surface area contributed by atoms with E-state index < -0.39 is 0 Å². The lowest BCUT2D eigenvalue weighted by atomic mass is 9.98. The molecule has 19 heavy (non-hydrogen) atoms. The summed E-state index contributed by atoms with van der Waals surface area (Å²) in [6, 6.07) is 13.6. The number of hydrogen-bond acceptors (Lipinski definition) is 3. The topological polar surface area (TPSA) is 47.3 Å². The average molecular weight is 277 g/mol. The van der Waals surface area contributed by atoms with Gasteiger partial charge in [-0.25, -0.2) is 5.43 Å². The summed E-state index contributed by atoms with van der Waals surface area (Å²) in [6.45, 7) is 2.01. The standard InChI is InChI=1S/C15H17ClN2O/c1-10-3-8-13(14(16)9-10)15(18-17)11-4-6-12(19-2)7-5-11/h3-9,15,18H,17H2,1-2H3. The zero-order valence-electron chi connectivity index (χ0n) is 11.0. The fraction of sp³-hybridized carbons (Fsp3) is 0.200. The van der Waals surface area contributed by atoms with Gasteiger partial charge in [-0.2, -0.15) is 0 Å². The number of ether oxygens (including phenoxy) is 1. The molecule has 0 spiro atoms. The molecule has 2 rings (SSSR count). The van der Waals surface area contributed by atoms with Crippen molar-refractivity contribution in [2.45, 2.75) is 13.0 Å². The number of hydrazine groups is 1. The maximum Gasteiger partial charge on any atom is 0.118 e. The highest BCUT2D eigenvalue weighted by Gasteiger charge is 2.15. The summed E-state index contributed by atoms with van der Waals surface area (Å²) < 4.78 is 5.15. The van der Waals surface area contributed by atoms with E-state index in [4.69, 9.17) is 22.2 Å². The third kappa shape index (κ3) is 3.07. The first-order valence-electron chi connectivity index (χ1n) is 6.02. The van der Waals surface area contributed by atoms with Gasteiger partial charge in [-0.15, -0.1) is 0 Å². The van der Waals surface area contributed by atoms with Crippen LogP contribution in [0.4, 0.5) is 0 Å². The van der Waals surface area contributed by atoms with Crippen LogP contribution in [0.3, 0.4) is 0 Å². The molecule has 0 amide bonds. The number of benzene rings is 2. The molecule has 3 nitrogen and oxygen atoms in total. The van der Waals surface area contributed by atoms with Crippen LogP contribution in [0.25, 0.3) is 0 Å². The van der Waals surface area contributed by atoms with Crippen molar-refractivity contribution in [1.82, 2.24) is 5.43 Å². The summed E-state index contributed by atoms with van der Waals surface area (Å²) in [7, 11) is 1.64. The van der Waals surface area contributed by atoms with E-state index in [1.54, 1.807) is 7.11 Å². The van der Waals surface area contributed by atoms with Crippen molar-refractivity contribution in [3.63, 3.8) is 0 Å². The minimum Gasteiger partial charge on any atom is -0.497 e. The van der Waals surface area contributed by atoms with Crippen molar-refractivity contribution in [1.29, 1.82) is 0 Å². The first-order chi connectivity index (χ1) is 9.15.